The van der Waals surface area contributed by atoms with Gasteiger partial charge in [0.2, 0.25) is 5.91 Å². The van der Waals surface area contributed by atoms with Crippen molar-refractivity contribution in [3.8, 4) is 11.1 Å². The lowest BCUT2D eigenvalue weighted by atomic mass is 9.99. The molecule has 3 rings (SSSR count). The largest absolute Gasteiger partial charge is 0.491 e. The van der Waals surface area contributed by atoms with Crippen molar-refractivity contribution in [2.24, 2.45) is 0 Å². The fourth-order valence-corrected chi connectivity index (χ4v) is 3.46. The Labute approximate surface area is 227 Å². The van der Waals surface area contributed by atoms with Gasteiger partial charge < -0.3 is 26.0 Å². The average Bonchev–Trinajstić information content (AvgIpc) is 2.94. The van der Waals surface area contributed by atoms with E-state index in [0.29, 0.717) is 17.9 Å². The highest BCUT2D eigenvalue weighted by molar-refractivity contribution is 5.89. The van der Waals surface area contributed by atoms with Crippen LogP contribution in [0.3, 0.4) is 0 Å². The Morgan fingerprint density at radius 3 is 2.15 bits per heavy atom. The number of ether oxygens (including phenoxy) is 1. The first-order chi connectivity index (χ1) is 19.1. The Balaban J connectivity index is 1.57. The number of amides is 3. The molecular formula is C27H26F3N5O5. The van der Waals surface area contributed by atoms with Gasteiger partial charge in [-0.15, -0.1) is 0 Å². The fourth-order valence-electron chi connectivity index (χ4n) is 3.46. The summed E-state index contributed by atoms with van der Waals surface area (Å²) < 4.78 is 41.4. The number of benzene rings is 2. The maximum Gasteiger partial charge on any atom is 0.491 e. The highest BCUT2D eigenvalue weighted by Crippen LogP contribution is 2.24. The Bertz CT molecular complexity index is 1290. The lowest BCUT2D eigenvalue weighted by Crippen LogP contribution is -2.44. The van der Waals surface area contributed by atoms with Crippen LogP contribution in [0.15, 0.2) is 79.0 Å². The summed E-state index contributed by atoms with van der Waals surface area (Å²) in [5.74, 6) is -4.24. The van der Waals surface area contributed by atoms with Crippen LogP contribution in [0, 0.1) is 0 Å². The highest BCUT2D eigenvalue weighted by atomic mass is 19.4. The number of carbonyl (C=O) groups excluding carboxylic acids is 4. The predicted molar refractivity (Wildman–Crippen MR) is 139 cm³/mol. The van der Waals surface area contributed by atoms with Crippen molar-refractivity contribution in [3.63, 3.8) is 0 Å². The first-order valence-electron chi connectivity index (χ1n) is 12.0. The molecule has 0 fully saturated rings. The zero-order valence-corrected chi connectivity index (χ0v) is 21.0. The highest BCUT2D eigenvalue weighted by Gasteiger charge is 2.42. The Morgan fingerprint density at radius 1 is 0.825 bits per heavy atom. The van der Waals surface area contributed by atoms with Crippen molar-refractivity contribution in [2.75, 3.05) is 25.0 Å². The second-order valence-electron chi connectivity index (χ2n) is 8.32. The van der Waals surface area contributed by atoms with E-state index in [4.69, 9.17) is 0 Å². The minimum Gasteiger partial charge on any atom is -0.386 e. The number of rotatable bonds is 11. The zero-order valence-electron chi connectivity index (χ0n) is 21.0. The third-order valence-electron chi connectivity index (χ3n) is 5.36. The van der Waals surface area contributed by atoms with Crippen LogP contribution in [0.4, 0.5) is 23.8 Å². The molecule has 0 aliphatic heterocycles. The van der Waals surface area contributed by atoms with E-state index in [9.17, 15) is 32.3 Å². The van der Waals surface area contributed by atoms with Crippen molar-refractivity contribution in [1.29, 1.82) is 0 Å². The number of nitrogens with zero attached hydrogens (tertiary/aromatic N) is 1. The van der Waals surface area contributed by atoms with E-state index in [-0.39, 0.29) is 6.54 Å². The molecule has 2 aromatic carbocycles. The van der Waals surface area contributed by atoms with E-state index in [1.165, 1.54) is 0 Å². The van der Waals surface area contributed by atoms with Gasteiger partial charge in [0.25, 0.3) is 0 Å². The molecular weight excluding hydrogens is 531 g/mol. The van der Waals surface area contributed by atoms with Crippen molar-refractivity contribution in [1.82, 2.24) is 20.9 Å². The monoisotopic (exact) mass is 557 g/mol. The standard InChI is InChI=1S/C27H26F3N5O5/c28-27(29,30)25(38)40-24(37)16-21(20-11-9-19(10-12-20)18-6-2-1-3-7-18)35-23(36)17-34-26(39)33-15-14-32-22-8-4-5-13-31-22/h1-13,21H,14-17H2,(H,31,32)(H,35,36)(H2,33,34,39). The van der Waals surface area contributed by atoms with Crippen molar-refractivity contribution >= 4 is 29.7 Å². The van der Waals surface area contributed by atoms with Crippen LogP contribution in [0.1, 0.15) is 18.0 Å². The molecule has 0 spiro atoms. The summed E-state index contributed by atoms with van der Waals surface area (Å²) in [5.41, 5.74) is 2.09. The molecule has 0 aliphatic rings. The van der Waals surface area contributed by atoms with E-state index < -0.39 is 49.1 Å². The first-order valence-corrected chi connectivity index (χ1v) is 12.0. The topological polar surface area (TPSA) is 139 Å². The van der Waals surface area contributed by atoms with Crippen molar-refractivity contribution in [2.45, 2.75) is 18.6 Å². The molecule has 1 unspecified atom stereocenters. The van der Waals surface area contributed by atoms with Crippen LogP contribution in [0.2, 0.25) is 0 Å². The molecule has 0 aliphatic carbocycles. The van der Waals surface area contributed by atoms with Crippen LogP contribution in [-0.4, -0.2) is 54.7 Å². The number of hydrogen-bond donors (Lipinski definition) is 4. The van der Waals surface area contributed by atoms with Gasteiger partial charge in [0.15, 0.2) is 0 Å². The Morgan fingerprint density at radius 2 is 1.50 bits per heavy atom. The van der Waals surface area contributed by atoms with Gasteiger partial charge in [-0.05, 0) is 28.8 Å². The van der Waals surface area contributed by atoms with Gasteiger partial charge in [-0.1, -0.05) is 60.7 Å². The molecule has 1 atom stereocenters. The molecule has 3 aromatic rings. The van der Waals surface area contributed by atoms with Crippen LogP contribution >= 0.6 is 0 Å². The number of carbonyl (C=O) groups is 4. The number of esters is 2. The number of nitrogens with one attached hydrogen (secondary N) is 4. The zero-order chi connectivity index (χ0) is 29.0. The minimum atomic E-state index is -5.35. The summed E-state index contributed by atoms with van der Waals surface area (Å²) in [6.07, 6.45) is -4.50. The van der Waals surface area contributed by atoms with E-state index in [1.54, 1.807) is 48.7 Å². The maximum absolute atomic E-state index is 12.5. The smallest absolute Gasteiger partial charge is 0.386 e. The number of pyridine rings is 1. The van der Waals surface area contributed by atoms with Crippen molar-refractivity contribution < 1.29 is 37.1 Å². The van der Waals surface area contributed by atoms with Crippen LogP contribution in [0.5, 0.6) is 0 Å². The number of urea groups is 1. The summed E-state index contributed by atoms with van der Waals surface area (Å²) in [5, 5.41) is 10.4. The number of halogens is 3. The normalized spacial score (nSPS) is 11.6. The minimum absolute atomic E-state index is 0.222. The molecule has 10 nitrogen and oxygen atoms in total. The first kappa shape index (κ1) is 29.6. The summed E-state index contributed by atoms with van der Waals surface area (Å²) in [7, 11) is 0. The molecule has 3 amide bonds. The second-order valence-corrected chi connectivity index (χ2v) is 8.32. The number of alkyl halides is 3. The Kier molecular flexibility index (Phi) is 10.6. The lowest BCUT2D eigenvalue weighted by Gasteiger charge is -2.19. The SMILES string of the molecule is O=C(CNC(=O)NCCNc1ccccn1)NC(CC(=O)OC(=O)C(F)(F)F)c1ccc(-c2ccccc2)cc1. The van der Waals surface area contributed by atoms with Gasteiger partial charge in [-0.3, -0.25) is 9.59 Å². The van der Waals surface area contributed by atoms with Gasteiger partial charge >= 0.3 is 24.1 Å². The predicted octanol–water partition coefficient (Wildman–Crippen LogP) is 3.34. The third kappa shape index (κ3) is 9.74. The van der Waals surface area contributed by atoms with E-state index in [0.717, 1.165) is 11.1 Å². The summed E-state index contributed by atoms with van der Waals surface area (Å²) in [4.78, 5) is 51.8. The van der Waals surface area contributed by atoms with E-state index in [1.807, 2.05) is 30.3 Å². The number of anilines is 1. The molecule has 0 saturated carbocycles. The van der Waals surface area contributed by atoms with Crippen LogP contribution < -0.4 is 21.3 Å². The van der Waals surface area contributed by atoms with Gasteiger partial charge in [0.05, 0.1) is 19.0 Å². The fraction of sp³-hybridized carbons (Fsp3) is 0.222. The van der Waals surface area contributed by atoms with Crippen LogP contribution in [0.25, 0.3) is 11.1 Å². The Hall–Kier alpha value is -4.94. The molecule has 210 valence electrons. The van der Waals surface area contributed by atoms with Gasteiger partial charge in [-0.2, -0.15) is 13.2 Å². The molecule has 4 N–H and O–H groups in total. The maximum atomic E-state index is 12.5. The molecule has 1 heterocycles. The lowest BCUT2D eigenvalue weighted by molar-refractivity contribution is -0.202. The van der Waals surface area contributed by atoms with Crippen molar-refractivity contribution in [3.05, 3.63) is 84.6 Å². The summed E-state index contributed by atoms with van der Waals surface area (Å²) in [6, 6.07) is 19.4. The van der Waals surface area contributed by atoms with Gasteiger partial charge in [-0.25, -0.2) is 14.6 Å². The van der Waals surface area contributed by atoms with E-state index in [2.05, 4.69) is 31.0 Å². The van der Waals surface area contributed by atoms with Crippen LogP contribution in [-0.2, 0) is 19.1 Å². The third-order valence-corrected chi connectivity index (χ3v) is 5.36. The molecule has 1 aromatic heterocycles. The van der Waals surface area contributed by atoms with E-state index >= 15 is 0 Å². The molecule has 0 radical (unpaired) electrons. The average molecular weight is 558 g/mol. The molecule has 0 bridgehead atoms. The van der Waals surface area contributed by atoms with Gasteiger partial charge in [0.1, 0.15) is 5.82 Å². The molecule has 0 saturated heterocycles. The number of hydrogen-bond acceptors (Lipinski definition) is 7. The molecule has 40 heavy (non-hydrogen) atoms. The summed E-state index contributed by atoms with van der Waals surface area (Å²) in [6.45, 7) is 0.102. The molecule has 13 heteroatoms. The number of aromatic nitrogens is 1. The quantitative estimate of drug-likeness (QED) is 0.161. The van der Waals surface area contributed by atoms with Gasteiger partial charge in [0, 0.05) is 19.3 Å². The summed E-state index contributed by atoms with van der Waals surface area (Å²) >= 11 is 0. The second kappa shape index (κ2) is 14.3.